The van der Waals surface area contributed by atoms with E-state index in [0.717, 1.165) is 0 Å². The summed E-state index contributed by atoms with van der Waals surface area (Å²) < 4.78 is 0. The summed E-state index contributed by atoms with van der Waals surface area (Å²) in [4.78, 5) is 0. The van der Waals surface area contributed by atoms with E-state index in [0.29, 0.717) is 0 Å². The van der Waals surface area contributed by atoms with Crippen LogP contribution in [0.2, 0.25) is 35.3 Å². The van der Waals surface area contributed by atoms with Crippen LogP contribution in [0.4, 0.5) is 0 Å². The van der Waals surface area contributed by atoms with Crippen LogP contribution in [0.25, 0.3) is 0 Å². The van der Waals surface area contributed by atoms with Gasteiger partial charge in [-0.1, -0.05) is 116 Å². The predicted molar refractivity (Wildman–Crippen MR) is 112 cm³/mol. The summed E-state index contributed by atoms with van der Waals surface area (Å²) in [5, 5.41) is 0. The Bertz CT molecular complexity index is 336. The van der Waals surface area contributed by atoms with Crippen LogP contribution in [0, 0.1) is 0 Å². The van der Waals surface area contributed by atoms with E-state index in [1.165, 1.54) is 22.2 Å². The first-order chi connectivity index (χ1) is 11.7. The van der Waals surface area contributed by atoms with Crippen molar-refractivity contribution in [2.45, 2.75) is 138 Å². The van der Waals surface area contributed by atoms with Crippen molar-refractivity contribution in [3.8, 4) is 0 Å². The highest BCUT2D eigenvalue weighted by atomic mass is 29.3. The molecule has 4 saturated carbocycles. The van der Waals surface area contributed by atoms with E-state index in [1.807, 2.05) is 0 Å². The van der Waals surface area contributed by atoms with E-state index in [9.17, 15) is 0 Å². The predicted octanol–water partition coefficient (Wildman–Crippen LogP) is 8.00. The second-order valence-electron chi connectivity index (χ2n) is 10.5. The minimum absolute atomic E-state index is 1.13. The van der Waals surface area contributed by atoms with Crippen LogP contribution in [0.15, 0.2) is 0 Å². The Labute approximate surface area is 153 Å². The van der Waals surface area contributed by atoms with E-state index >= 15 is 0 Å². The average Bonchev–Trinajstić information content (AvgIpc) is 3.41. The van der Waals surface area contributed by atoms with E-state index < -0.39 is 15.2 Å². The van der Waals surface area contributed by atoms with Crippen molar-refractivity contribution in [1.82, 2.24) is 0 Å². The maximum absolute atomic E-state index is 3.04. The van der Waals surface area contributed by atoms with Gasteiger partial charge in [0.05, 0.1) is 15.2 Å². The van der Waals surface area contributed by atoms with Crippen LogP contribution in [0.5, 0.6) is 0 Å². The molecular weight excluding hydrogens is 320 g/mol. The van der Waals surface area contributed by atoms with Gasteiger partial charge in [0.25, 0.3) is 0 Å². The molecule has 4 aliphatic carbocycles. The Hall–Kier alpha value is 0.434. The quantitative estimate of drug-likeness (QED) is 0.434. The van der Waals surface area contributed by atoms with Gasteiger partial charge in [-0.05, 0) is 22.2 Å². The fraction of sp³-hybridized carbons (Fsp3) is 1.00. The molecular formula is C22H42Si2. The molecule has 0 aliphatic heterocycles. The Morgan fingerprint density at radius 1 is 0.375 bits per heavy atom. The zero-order valence-corrected chi connectivity index (χ0v) is 18.6. The fourth-order valence-electron chi connectivity index (χ4n) is 8.53. The fourth-order valence-corrected chi connectivity index (χ4v) is 33.8. The van der Waals surface area contributed by atoms with Gasteiger partial charge in [0, 0.05) is 0 Å². The summed E-state index contributed by atoms with van der Waals surface area (Å²) in [7, 11) is -2.26. The van der Waals surface area contributed by atoms with Crippen LogP contribution in [0.3, 0.4) is 0 Å². The smallest absolute Gasteiger partial charge is 0.0512 e. The van der Waals surface area contributed by atoms with E-state index in [4.69, 9.17) is 0 Å². The molecule has 2 heteroatoms. The average molecular weight is 363 g/mol. The first kappa shape index (κ1) is 17.8. The van der Waals surface area contributed by atoms with E-state index in [-0.39, 0.29) is 0 Å². The third-order valence-electron chi connectivity index (χ3n) is 9.97. The second-order valence-corrected chi connectivity index (χ2v) is 25.4. The molecule has 4 aliphatic rings. The topological polar surface area (TPSA) is 0 Å². The van der Waals surface area contributed by atoms with Crippen molar-refractivity contribution in [1.29, 1.82) is 0 Å². The summed E-state index contributed by atoms with van der Waals surface area (Å²) >= 11 is 0. The van der Waals surface area contributed by atoms with Gasteiger partial charge in [-0.15, -0.1) is 0 Å². The lowest BCUT2D eigenvalue weighted by molar-refractivity contribution is 0.722. The molecule has 0 saturated heterocycles. The summed E-state index contributed by atoms with van der Waals surface area (Å²) in [6.45, 7) is 6.09. The summed E-state index contributed by atoms with van der Waals surface area (Å²) in [5.74, 6) is 0. The van der Waals surface area contributed by atoms with E-state index in [2.05, 4.69) is 13.1 Å². The minimum atomic E-state index is -1.13. The van der Waals surface area contributed by atoms with Gasteiger partial charge in [0.15, 0.2) is 0 Å². The Morgan fingerprint density at radius 3 is 0.708 bits per heavy atom. The molecule has 0 nitrogen and oxygen atoms in total. The van der Waals surface area contributed by atoms with Crippen LogP contribution in [-0.4, -0.2) is 15.2 Å². The van der Waals surface area contributed by atoms with Gasteiger partial charge in [-0.2, -0.15) is 0 Å². The molecule has 0 amide bonds. The van der Waals surface area contributed by atoms with Crippen LogP contribution >= 0.6 is 0 Å². The highest BCUT2D eigenvalue weighted by Gasteiger charge is 2.62. The zero-order valence-electron chi connectivity index (χ0n) is 16.6. The lowest BCUT2D eigenvalue weighted by atomic mass is 10.3. The van der Waals surface area contributed by atoms with Gasteiger partial charge in [0.2, 0.25) is 0 Å². The molecule has 0 unspecified atom stereocenters. The number of hydrogen-bond donors (Lipinski definition) is 0. The van der Waals surface area contributed by atoms with Gasteiger partial charge in [-0.3, -0.25) is 0 Å². The normalized spacial score (nSPS) is 29.2. The SMILES string of the molecule is C[Si](C1CCCC1)(C1CCCC1)[Si](C)(C1CCCC1)C1CCCC1. The second kappa shape index (κ2) is 7.21. The molecule has 0 spiro atoms. The third kappa shape index (κ3) is 2.73. The lowest BCUT2D eigenvalue weighted by Gasteiger charge is -2.57. The number of rotatable bonds is 5. The van der Waals surface area contributed by atoms with Crippen molar-refractivity contribution in [2.75, 3.05) is 0 Å². The Balaban J connectivity index is 1.75. The highest BCUT2D eigenvalue weighted by molar-refractivity contribution is 7.43. The monoisotopic (exact) mass is 362 g/mol. The van der Waals surface area contributed by atoms with E-state index in [1.54, 1.807) is 103 Å². The molecule has 138 valence electrons. The van der Waals surface area contributed by atoms with Crippen molar-refractivity contribution >= 4 is 15.2 Å². The maximum atomic E-state index is 3.04. The largest absolute Gasteiger partial charge is 0.0707 e. The van der Waals surface area contributed by atoms with Crippen LogP contribution < -0.4 is 0 Å². The first-order valence-corrected chi connectivity index (χ1v) is 18.0. The summed E-state index contributed by atoms with van der Waals surface area (Å²) in [6, 6.07) is 0. The molecule has 0 N–H and O–H groups in total. The molecule has 0 heterocycles. The standard InChI is InChI=1S/C22H42Si2/c1-23(19-11-3-4-12-19,20-13-5-6-14-20)24(2,21-15-7-8-16-21)22-17-9-10-18-22/h19-22H,3-18H2,1-2H3. The molecule has 0 radical (unpaired) electrons. The molecule has 4 rings (SSSR count). The molecule has 4 fully saturated rings. The zero-order chi connectivity index (χ0) is 16.6. The Kier molecular flexibility index (Phi) is 5.36. The van der Waals surface area contributed by atoms with Gasteiger partial charge in [-0.25, -0.2) is 0 Å². The molecule has 24 heavy (non-hydrogen) atoms. The molecule has 0 atom stereocenters. The van der Waals surface area contributed by atoms with Crippen LogP contribution in [-0.2, 0) is 0 Å². The molecule has 0 bridgehead atoms. The Morgan fingerprint density at radius 2 is 0.542 bits per heavy atom. The maximum Gasteiger partial charge on any atom is 0.0512 e. The van der Waals surface area contributed by atoms with Crippen molar-refractivity contribution in [2.24, 2.45) is 0 Å². The first-order valence-electron chi connectivity index (χ1n) is 11.7. The van der Waals surface area contributed by atoms with Crippen molar-refractivity contribution < 1.29 is 0 Å². The third-order valence-corrected chi connectivity index (χ3v) is 33.3. The van der Waals surface area contributed by atoms with Gasteiger partial charge >= 0.3 is 0 Å². The van der Waals surface area contributed by atoms with Crippen molar-refractivity contribution in [3.05, 3.63) is 0 Å². The molecule has 0 aromatic heterocycles. The summed E-state index contributed by atoms with van der Waals surface area (Å²) in [6.07, 6.45) is 25.9. The van der Waals surface area contributed by atoms with Crippen LogP contribution in [0.1, 0.15) is 103 Å². The minimum Gasteiger partial charge on any atom is -0.0707 e. The van der Waals surface area contributed by atoms with Gasteiger partial charge in [0.1, 0.15) is 0 Å². The van der Waals surface area contributed by atoms with Crippen molar-refractivity contribution in [3.63, 3.8) is 0 Å². The van der Waals surface area contributed by atoms with Gasteiger partial charge < -0.3 is 0 Å². The lowest BCUT2D eigenvalue weighted by Crippen LogP contribution is -2.67. The number of hydrogen-bond acceptors (Lipinski definition) is 0. The molecule has 0 aromatic carbocycles. The highest BCUT2D eigenvalue weighted by Crippen LogP contribution is 2.63. The summed E-state index contributed by atoms with van der Waals surface area (Å²) in [5.41, 5.74) is 4.99. The molecule has 0 aromatic rings.